The van der Waals surface area contributed by atoms with Gasteiger partial charge >= 0.3 is 0 Å². The lowest BCUT2D eigenvalue weighted by Gasteiger charge is -2.08. The van der Waals surface area contributed by atoms with Crippen LogP contribution in [-0.2, 0) is 23.5 Å². The van der Waals surface area contributed by atoms with Crippen LogP contribution in [0.4, 0.5) is 4.39 Å². The number of aryl methyl sites for hydroxylation is 1. The van der Waals surface area contributed by atoms with Crippen LogP contribution in [0.2, 0.25) is 0 Å². The minimum absolute atomic E-state index is 0.0217. The molecule has 108 valence electrons. The second-order valence-electron chi connectivity index (χ2n) is 4.19. The molecule has 0 bridgehead atoms. The standard InChI is InChI=1S/C12H14FN3O3S/c1-16-6-5-15-12(16)4-7-19-11-3-2-9(8-10(11)13)20(14,17)18/h2-3,5-6,8H,4,7H2,1H3,(H2,14,17,18). The van der Waals surface area contributed by atoms with E-state index in [2.05, 4.69) is 4.98 Å². The number of imidazole rings is 1. The summed E-state index contributed by atoms with van der Waals surface area (Å²) < 4.78 is 42.9. The molecular formula is C12H14FN3O3S. The number of primary sulfonamides is 1. The predicted molar refractivity (Wildman–Crippen MR) is 70.2 cm³/mol. The van der Waals surface area contributed by atoms with Crippen LogP contribution in [0.1, 0.15) is 5.82 Å². The molecule has 0 unspecified atom stereocenters. The lowest BCUT2D eigenvalue weighted by molar-refractivity contribution is 0.301. The monoisotopic (exact) mass is 299 g/mol. The molecule has 0 fully saturated rings. The van der Waals surface area contributed by atoms with Crippen molar-refractivity contribution in [3.63, 3.8) is 0 Å². The molecule has 2 aromatic rings. The number of rotatable bonds is 5. The Morgan fingerprint density at radius 2 is 2.20 bits per heavy atom. The Bertz CT molecular complexity index is 712. The summed E-state index contributed by atoms with van der Waals surface area (Å²) in [4.78, 5) is 3.82. The van der Waals surface area contributed by atoms with E-state index in [0.29, 0.717) is 6.42 Å². The van der Waals surface area contributed by atoms with Gasteiger partial charge in [0.05, 0.1) is 11.5 Å². The molecule has 8 heteroatoms. The quantitative estimate of drug-likeness (QED) is 0.885. The Balaban J connectivity index is 2.02. The highest BCUT2D eigenvalue weighted by molar-refractivity contribution is 7.89. The molecule has 0 saturated carbocycles. The van der Waals surface area contributed by atoms with Crippen molar-refractivity contribution < 1.29 is 17.5 Å². The third-order valence-electron chi connectivity index (χ3n) is 2.74. The first-order valence-corrected chi connectivity index (χ1v) is 7.34. The first-order valence-electron chi connectivity index (χ1n) is 5.79. The summed E-state index contributed by atoms with van der Waals surface area (Å²) >= 11 is 0. The number of aromatic nitrogens is 2. The average Bonchev–Trinajstić information content (AvgIpc) is 2.76. The zero-order chi connectivity index (χ0) is 14.8. The second-order valence-corrected chi connectivity index (χ2v) is 5.75. The van der Waals surface area contributed by atoms with E-state index < -0.39 is 15.8 Å². The van der Waals surface area contributed by atoms with Gasteiger partial charge in [-0.2, -0.15) is 0 Å². The molecule has 0 saturated heterocycles. The number of benzene rings is 1. The fraction of sp³-hybridized carbons (Fsp3) is 0.250. The minimum atomic E-state index is -3.91. The lowest BCUT2D eigenvalue weighted by atomic mass is 10.3. The molecule has 1 aromatic heterocycles. The highest BCUT2D eigenvalue weighted by atomic mass is 32.2. The minimum Gasteiger partial charge on any atom is -0.490 e. The SMILES string of the molecule is Cn1ccnc1CCOc1ccc(S(N)(=O)=O)cc1F. The molecule has 0 amide bonds. The Hall–Kier alpha value is -1.93. The smallest absolute Gasteiger partial charge is 0.238 e. The van der Waals surface area contributed by atoms with E-state index in [9.17, 15) is 12.8 Å². The van der Waals surface area contributed by atoms with Gasteiger partial charge in [0.2, 0.25) is 10.0 Å². The van der Waals surface area contributed by atoms with Gasteiger partial charge in [0, 0.05) is 25.9 Å². The van der Waals surface area contributed by atoms with Crippen LogP contribution in [-0.4, -0.2) is 24.6 Å². The number of sulfonamides is 1. The van der Waals surface area contributed by atoms with Gasteiger partial charge in [-0.05, 0) is 18.2 Å². The summed E-state index contributed by atoms with van der Waals surface area (Å²) in [6, 6.07) is 3.29. The van der Waals surface area contributed by atoms with E-state index in [-0.39, 0.29) is 17.3 Å². The number of ether oxygens (including phenoxy) is 1. The van der Waals surface area contributed by atoms with Crippen LogP contribution in [0.25, 0.3) is 0 Å². The van der Waals surface area contributed by atoms with Crippen LogP contribution < -0.4 is 9.88 Å². The Morgan fingerprint density at radius 3 is 2.75 bits per heavy atom. The van der Waals surface area contributed by atoms with Crippen molar-refractivity contribution in [3.05, 3.63) is 42.2 Å². The van der Waals surface area contributed by atoms with E-state index in [1.807, 2.05) is 11.6 Å². The van der Waals surface area contributed by atoms with Crippen molar-refractivity contribution >= 4 is 10.0 Å². The highest BCUT2D eigenvalue weighted by Crippen LogP contribution is 2.20. The third kappa shape index (κ3) is 3.34. The zero-order valence-corrected chi connectivity index (χ0v) is 11.6. The van der Waals surface area contributed by atoms with E-state index in [0.717, 1.165) is 11.9 Å². The maximum atomic E-state index is 13.7. The van der Waals surface area contributed by atoms with Crippen molar-refractivity contribution in [2.24, 2.45) is 12.2 Å². The lowest BCUT2D eigenvalue weighted by Crippen LogP contribution is -2.13. The first-order chi connectivity index (χ1) is 9.38. The molecule has 0 aliphatic rings. The maximum absolute atomic E-state index is 13.7. The molecule has 0 aliphatic heterocycles. The Labute approximate surface area is 116 Å². The molecule has 20 heavy (non-hydrogen) atoms. The molecule has 1 aromatic carbocycles. The molecule has 0 atom stereocenters. The van der Waals surface area contributed by atoms with Gasteiger partial charge in [-0.1, -0.05) is 0 Å². The second kappa shape index (κ2) is 5.59. The number of nitrogens with two attached hydrogens (primary N) is 1. The number of nitrogens with zero attached hydrogens (tertiary/aromatic N) is 2. The predicted octanol–water partition coefficient (Wildman–Crippen LogP) is 0.828. The molecule has 2 rings (SSSR count). The van der Waals surface area contributed by atoms with Gasteiger partial charge in [0.15, 0.2) is 11.6 Å². The Kier molecular flexibility index (Phi) is 4.05. The van der Waals surface area contributed by atoms with E-state index in [1.165, 1.54) is 12.1 Å². The Morgan fingerprint density at radius 1 is 1.45 bits per heavy atom. The van der Waals surface area contributed by atoms with Crippen LogP contribution in [0.3, 0.4) is 0 Å². The molecule has 1 heterocycles. The van der Waals surface area contributed by atoms with E-state index in [1.54, 1.807) is 12.4 Å². The normalized spacial score (nSPS) is 11.6. The van der Waals surface area contributed by atoms with Crippen molar-refractivity contribution in [3.8, 4) is 5.75 Å². The average molecular weight is 299 g/mol. The number of halogens is 1. The van der Waals surface area contributed by atoms with Gasteiger partial charge < -0.3 is 9.30 Å². The summed E-state index contributed by atoms with van der Waals surface area (Å²) in [5.41, 5.74) is 0. The van der Waals surface area contributed by atoms with Gasteiger partial charge in [0.1, 0.15) is 5.82 Å². The summed E-state index contributed by atoms with van der Waals surface area (Å²) in [5.74, 6) is 0.0227. The van der Waals surface area contributed by atoms with Gasteiger partial charge in [-0.15, -0.1) is 0 Å². The molecule has 0 aliphatic carbocycles. The summed E-state index contributed by atoms with van der Waals surface area (Å²) in [5, 5.41) is 4.91. The fourth-order valence-electron chi connectivity index (χ4n) is 1.67. The van der Waals surface area contributed by atoms with Crippen molar-refractivity contribution in [1.29, 1.82) is 0 Å². The fourth-order valence-corrected chi connectivity index (χ4v) is 2.19. The molecule has 0 spiro atoms. The number of hydrogen-bond acceptors (Lipinski definition) is 4. The molecular weight excluding hydrogens is 285 g/mol. The van der Waals surface area contributed by atoms with Gasteiger partial charge in [0.25, 0.3) is 0 Å². The molecule has 0 radical (unpaired) electrons. The van der Waals surface area contributed by atoms with Crippen molar-refractivity contribution in [2.75, 3.05) is 6.61 Å². The molecule has 2 N–H and O–H groups in total. The van der Waals surface area contributed by atoms with Crippen molar-refractivity contribution in [2.45, 2.75) is 11.3 Å². The van der Waals surface area contributed by atoms with E-state index in [4.69, 9.17) is 9.88 Å². The largest absolute Gasteiger partial charge is 0.490 e. The number of hydrogen-bond donors (Lipinski definition) is 1. The van der Waals surface area contributed by atoms with Gasteiger partial charge in [-0.3, -0.25) is 0 Å². The zero-order valence-electron chi connectivity index (χ0n) is 10.8. The van der Waals surface area contributed by atoms with Gasteiger partial charge in [-0.25, -0.2) is 22.9 Å². The molecule has 6 nitrogen and oxygen atoms in total. The maximum Gasteiger partial charge on any atom is 0.238 e. The van der Waals surface area contributed by atoms with Crippen LogP contribution in [0.15, 0.2) is 35.5 Å². The van der Waals surface area contributed by atoms with Crippen molar-refractivity contribution in [1.82, 2.24) is 9.55 Å². The first kappa shape index (κ1) is 14.5. The van der Waals surface area contributed by atoms with E-state index >= 15 is 0 Å². The topological polar surface area (TPSA) is 87.2 Å². The van der Waals surface area contributed by atoms with Crippen LogP contribution in [0, 0.1) is 5.82 Å². The van der Waals surface area contributed by atoms with Crippen LogP contribution in [0.5, 0.6) is 5.75 Å². The summed E-state index contributed by atoms with van der Waals surface area (Å²) in [7, 11) is -2.06. The summed E-state index contributed by atoms with van der Waals surface area (Å²) in [6.45, 7) is 0.233. The van der Waals surface area contributed by atoms with Crippen LogP contribution >= 0.6 is 0 Å². The summed E-state index contributed by atoms with van der Waals surface area (Å²) in [6.07, 6.45) is 3.98. The highest BCUT2D eigenvalue weighted by Gasteiger charge is 2.12. The third-order valence-corrected chi connectivity index (χ3v) is 3.65.